The van der Waals surface area contributed by atoms with E-state index in [1.807, 2.05) is 43.3 Å². The van der Waals surface area contributed by atoms with Crippen molar-refractivity contribution in [2.24, 2.45) is 0 Å². The first-order valence-corrected chi connectivity index (χ1v) is 23.7. The first kappa shape index (κ1) is 60.5. The number of carboxylic acid groups (broad SMARTS) is 2. The summed E-state index contributed by atoms with van der Waals surface area (Å²) in [5.41, 5.74) is 13.8. The van der Waals surface area contributed by atoms with Gasteiger partial charge in [0.15, 0.2) is 41.7 Å². The lowest BCUT2D eigenvalue weighted by molar-refractivity contribution is -0.386. The molecule has 21 heteroatoms. The number of anilines is 1. The van der Waals surface area contributed by atoms with E-state index in [1.165, 1.54) is 69.4 Å². The maximum absolute atomic E-state index is 11.3. The molecule has 3 aromatic heterocycles. The second-order valence-electron chi connectivity index (χ2n) is 17.4. The zero-order valence-corrected chi connectivity index (χ0v) is 43.3. The topological polar surface area (TPSA) is 351 Å². The number of phenols is 3. The third-order valence-corrected chi connectivity index (χ3v) is 11.2. The fraction of sp³-hybridized carbons (Fsp3) is 0.211. The van der Waals surface area contributed by atoms with Crippen LogP contribution in [-0.4, -0.2) is 80.5 Å². The summed E-state index contributed by atoms with van der Waals surface area (Å²) in [6.07, 6.45) is 4.74. The van der Waals surface area contributed by atoms with Crippen molar-refractivity contribution < 1.29 is 72.5 Å². The number of carbonyl (C=O) groups is 6. The van der Waals surface area contributed by atoms with Crippen LogP contribution >= 0.6 is 0 Å². The second kappa shape index (κ2) is 29.1. The van der Waals surface area contributed by atoms with E-state index >= 15 is 0 Å². The van der Waals surface area contributed by atoms with Gasteiger partial charge in [-0.3, -0.25) is 38.9 Å². The van der Waals surface area contributed by atoms with Gasteiger partial charge in [0.25, 0.3) is 0 Å². The maximum Gasteiger partial charge on any atom is 0.314 e. The number of hydrogen-bond donors (Lipinski definition) is 6. The number of aromatic hydroxyl groups is 3. The monoisotopic (exact) mass is 1070 g/mol. The highest BCUT2D eigenvalue weighted by molar-refractivity contribution is 5.89. The van der Waals surface area contributed by atoms with E-state index < -0.39 is 28.5 Å². The molecule has 0 saturated heterocycles. The van der Waals surface area contributed by atoms with Gasteiger partial charge in [0.2, 0.25) is 0 Å². The van der Waals surface area contributed by atoms with Gasteiger partial charge in [0.05, 0.1) is 22.9 Å². The Morgan fingerprint density at radius 3 is 1.46 bits per heavy atom. The van der Waals surface area contributed by atoms with Gasteiger partial charge in [-0.25, -0.2) is 15.0 Å². The lowest BCUT2D eigenvalue weighted by Gasteiger charge is -2.07. The van der Waals surface area contributed by atoms with Crippen molar-refractivity contribution in [2.75, 3.05) is 5.73 Å². The number of carbonyl (C=O) groups excluding carboxylic acids is 4. The van der Waals surface area contributed by atoms with Crippen LogP contribution in [0.5, 0.6) is 17.2 Å². The minimum Gasteiger partial charge on any atom is -0.508 e. The number of nitro groups is 1. The molecule has 0 saturated carbocycles. The predicted molar refractivity (Wildman–Crippen MR) is 287 cm³/mol. The normalized spacial score (nSPS) is 11.0. The maximum atomic E-state index is 11.3. The molecular formula is C57H57N5O16. The van der Waals surface area contributed by atoms with Crippen molar-refractivity contribution >= 4 is 79.7 Å². The number of rotatable bonds is 13. The summed E-state index contributed by atoms with van der Waals surface area (Å²) in [7, 11) is 0. The molecule has 78 heavy (non-hydrogen) atoms. The molecule has 2 atom stereocenters. The highest BCUT2D eigenvalue weighted by Gasteiger charge is 2.20. The molecular weight excluding hydrogens is 1010 g/mol. The summed E-state index contributed by atoms with van der Waals surface area (Å²) in [5.74, 6) is -2.59. The lowest BCUT2D eigenvalue weighted by atomic mass is 9.96. The first-order chi connectivity index (χ1) is 37.0. The molecule has 0 spiro atoms. The molecule has 9 aromatic rings. The molecule has 2 unspecified atom stereocenters. The molecule has 0 bridgehead atoms. The zero-order chi connectivity index (χ0) is 57.6. The Balaban J connectivity index is 0.000000202. The smallest absolute Gasteiger partial charge is 0.314 e. The van der Waals surface area contributed by atoms with Gasteiger partial charge in [0, 0.05) is 30.7 Å². The number of fused-ring (bicyclic) bond motifs is 3. The van der Waals surface area contributed by atoms with Crippen molar-refractivity contribution in [3.05, 3.63) is 178 Å². The molecule has 0 amide bonds. The van der Waals surface area contributed by atoms with Crippen molar-refractivity contribution in [1.29, 1.82) is 0 Å². The molecule has 21 nitrogen and oxygen atoms in total. The average Bonchev–Trinajstić information content (AvgIpc) is 4.18. The van der Waals surface area contributed by atoms with Gasteiger partial charge >= 0.3 is 17.6 Å². The zero-order valence-electron chi connectivity index (χ0n) is 43.3. The quantitative estimate of drug-likeness (QED) is 0.0270. The van der Waals surface area contributed by atoms with Crippen LogP contribution in [0.3, 0.4) is 0 Å². The van der Waals surface area contributed by atoms with Crippen LogP contribution in [0.15, 0.2) is 148 Å². The van der Waals surface area contributed by atoms with Crippen molar-refractivity contribution in [2.45, 2.75) is 79.1 Å². The van der Waals surface area contributed by atoms with Gasteiger partial charge in [-0.05, 0) is 105 Å². The van der Waals surface area contributed by atoms with E-state index in [-0.39, 0.29) is 71.1 Å². The third kappa shape index (κ3) is 18.1. The summed E-state index contributed by atoms with van der Waals surface area (Å²) >= 11 is 0. The summed E-state index contributed by atoms with van der Waals surface area (Å²) in [4.78, 5) is 86.7. The number of hydrogen-bond acceptors (Lipinski definition) is 18. The number of oxazole rings is 3. The van der Waals surface area contributed by atoms with Crippen molar-refractivity contribution in [1.82, 2.24) is 15.0 Å². The van der Waals surface area contributed by atoms with Gasteiger partial charge in [-0.1, -0.05) is 79.7 Å². The Labute approximate surface area is 445 Å². The van der Waals surface area contributed by atoms with Gasteiger partial charge in [0.1, 0.15) is 51.2 Å². The number of aromatic nitrogens is 3. The van der Waals surface area contributed by atoms with E-state index in [2.05, 4.69) is 15.0 Å². The number of benzene rings is 6. The van der Waals surface area contributed by atoms with Crippen LogP contribution in [0.1, 0.15) is 86.8 Å². The largest absolute Gasteiger partial charge is 0.508 e. The molecule has 0 aliphatic carbocycles. The van der Waals surface area contributed by atoms with Crippen molar-refractivity contribution in [3.63, 3.8) is 0 Å². The number of aliphatic carboxylic acids is 2. The van der Waals surface area contributed by atoms with E-state index in [9.17, 15) is 49.1 Å². The lowest BCUT2D eigenvalue weighted by Crippen LogP contribution is -2.07. The second-order valence-corrected chi connectivity index (χ2v) is 17.4. The van der Waals surface area contributed by atoms with Gasteiger partial charge in [-0.15, -0.1) is 0 Å². The van der Waals surface area contributed by atoms with E-state index in [4.69, 9.17) is 34.3 Å². The SMILES string of the molecule is CC(=O)C(C)c1cccc2ocnc12.CC(=O)Cc1cccc(O)c1N.CC(=O)Cc1cccc(O)c1[N+](=O)[O-].CC(=O)Cc1cccc2ocnc12.CC(C(=O)O)c1cccc2ocnc12.O=C(O)Cc1cccc(O)c1. The fourth-order valence-corrected chi connectivity index (χ4v) is 7.29. The van der Waals surface area contributed by atoms with Gasteiger partial charge in [-0.2, -0.15) is 0 Å². The summed E-state index contributed by atoms with van der Waals surface area (Å²) in [6.45, 7) is 9.50. The summed E-state index contributed by atoms with van der Waals surface area (Å²) < 4.78 is 15.4. The van der Waals surface area contributed by atoms with Crippen LogP contribution in [0, 0.1) is 10.1 Å². The number of Topliss-reactive ketones (excluding diaryl/α,β-unsaturated/α-hetero) is 4. The molecule has 3 heterocycles. The van der Waals surface area contributed by atoms with Crippen LogP contribution in [-0.2, 0) is 54.5 Å². The summed E-state index contributed by atoms with van der Waals surface area (Å²) in [6, 6.07) is 31.8. The third-order valence-electron chi connectivity index (χ3n) is 11.2. The highest BCUT2D eigenvalue weighted by Crippen LogP contribution is 2.30. The van der Waals surface area contributed by atoms with E-state index in [0.717, 1.165) is 33.3 Å². The molecule has 9 rings (SSSR count). The minimum atomic E-state index is -0.893. The molecule has 7 N–H and O–H groups in total. The Bertz CT molecular complexity index is 3450. The Morgan fingerprint density at radius 1 is 0.551 bits per heavy atom. The predicted octanol–water partition coefficient (Wildman–Crippen LogP) is 10.1. The number of nitro benzene ring substituents is 1. The number of nitrogen functional groups attached to an aromatic ring is 1. The van der Waals surface area contributed by atoms with Crippen LogP contribution < -0.4 is 5.73 Å². The molecule has 6 aromatic carbocycles. The average molecular weight is 1070 g/mol. The van der Waals surface area contributed by atoms with E-state index in [1.54, 1.807) is 63.2 Å². The van der Waals surface area contributed by atoms with Crippen LogP contribution in [0.25, 0.3) is 33.3 Å². The van der Waals surface area contributed by atoms with Crippen molar-refractivity contribution in [3.8, 4) is 17.2 Å². The Hall–Kier alpha value is -10.1. The Kier molecular flexibility index (Phi) is 22.6. The minimum absolute atomic E-state index is 0.0345. The summed E-state index contributed by atoms with van der Waals surface area (Å²) in [5, 5.41) is 55.1. The molecule has 406 valence electrons. The number of phenolic OH excluding ortho intramolecular Hbond substituents is 3. The Morgan fingerprint density at radius 2 is 0.974 bits per heavy atom. The van der Waals surface area contributed by atoms with Crippen LogP contribution in [0.4, 0.5) is 11.4 Å². The standard InChI is InChI=1S/C11H11NO2.C10H9NO3.C10H9NO2.C9H9NO4.C9H11NO2.C8H8O3/c1-7(8(2)13)9-4-3-5-10-11(9)12-6-14-10;1-6(10(12)13)7-3-2-4-8-9(7)11-5-14-8;1-7(12)5-8-3-2-4-9-10(8)11-6-13-9;1-6(11)5-7-3-2-4-8(12)9(7)10(13)14;1-6(11)5-7-3-2-4-8(12)9(7)10;9-7-3-1-2-6(4-7)5-8(10)11/h3-7H,1-2H3;2-6H,1H3,(H,12,13);2-4,6H,5H2,1H3;2-4,12H,5H2,1H3;2-4,12H,5,10H2,1H3;1-4,9H,5H2,(H,10,11). The molecule has 0 aliphatic heterocycles. The fourth-order valence-electron chi connectivity index (χ4n) is 7.29. The number of carboxylic acids is 2. The number of ketones is 4. The number of para-hydroxylation sites is 5. The molecule has 0 fully saturated rings. The number of nitrogens with two attached hydrogens (primary N) is 1. The highest BCUT2D eigenvalue weighted by atomic mass is 16.6. The van der Waals surface area contributed by atoms with Crippen LogP contribution in [0.2, 0.25) is 0 Å². The first-order valence-electron chi connectivity index (χ1n) is 23.7. The number of nitrogens with zero attached hydrogens (tertiary/aromatic N) is 4. The van der Waals surface area contributed by atoms with Gasteiger partial charge < -0.3 is 44.5 Å². The molecule has 0 radical (unpaired) electrons. The van der Waals surface area contributed by atoms with E-state index in [0.29, 0.717) is 39.9 Å². The molecule has 0 aliphatic rings.